The van der Waals surface area contributed by atoms with Crippen LogP contribution < -0.4 is 5.32 Å². The van der Waals surface area contributed by atoms with E-state index in [0.29, 0.717) is 6.54 Å². The van der Waals surface area contributed by atoms with E-state index in [1.807, 2.05) is 53.1 Å². The Bertz CT molecular complexity index is 396. The second kappa shape index (κ2) is 6.57. The second-order valence-corrected chi connectivity index (χ2v) is 5.77. The molecule has 1 atom stereocenters. The van der Waals surface area contributed by atoms with Gasteiger partial charge in [-0.3, -0.25) is 0 Å². The lowest BCUT2D eigenvalue weighted by Crippen LogP contribution is -2.38. The third-order valence-corrected chi connectivity index (χ3v) is 2.65. The molecule has 0 aliphatic carbocycles. The van der Waals surface area contributed by atoms with Crippen LogP contribution in [0.15, 0.2) is 30.3 Å². The van der Waals surface area contributed by atoms with Crippen LogP contribution in [0.3, 0.4) is 0 Å². The zero-order valence-electron chi connectivity index (χ0n) is 12.4. The van der Waals surface area contributed by atoms with Gasteiger partial charge in [-0.05, 0) is 40.4 Å². The van der Waals surface area contributed by atoms with Gasteiger partial charge >= 0.3 is 6.09 Å². The molecule has 0 aliphatic rings. The molecule has 1 rings (SSSR count). The van der Waals surface area contributed by atoms with Crippen LogP contribution in [0.25, 0.3) is 0 Å². The van der Waals surface area contributed by atoms with Crippen LogP contribution >= 0.6 is 0 Å². The Balaban J connectivity index is 2.59. The SMILES string of the molecule is CN(C)C(CNC(=O)OC(C)(C)C)c1ccccc1. The van der Waals surface area contributed by atoms with E-state index in [2.05, 4.69) is 22.3 Å². The number of likely N-dealkylation sites (N-methyl/N-ethyl adjacent to an activating group) is 1. The van der Waals surface area contributed by atoms with Crippen LogP contribution in [-0.2, 0) is 4.74 Å². The van der Waals surface area contributed by atoms with E-state index in [1.54, 1.807) is 0 Å². The third kappa shape index (κ3) is 5.75. The molecule has 0 saturated heterocycles. The van der Waals surface area contributed by atoms with E-state index in [4.69, 9.17) is 4.74 Å². The van der Waals surface area contributed by atoms with Crippen LogP contribution in [0.4, 0.5) is 4.79 Å². The van der Waals surface area contributed by atoms with Gasteiger partial charge in [-0.25, -0.2) is 4.79 Å². The van der Waals surface area contributed by atoms with E-state index in [1.165, 1.54) is 5.56 Å². The van der Waals surface area contributed by atoms with Gasteiger partial charge in [0.25, 0.3) is 0 Å². The van der Waals surface area contributed by atoms with Gasteiger partial charge in [0.2, 0.25) is 0 Å². The number of benzene rings is 1. The fourth-order valence-electron chi connectivity index (χ4n) is 1.77. The zero-order chi connectivity index (χ0) is 14.5. The van der Waals surface area contributed by atoms with Crippen LogP contribution in [-0.4, -0.2) is 37.2 Å². The van der Waals surface area contributed by atoms with Crippen molar-refractivity contribution >= 4 is 6.09 Å². The summed E-state index contributed by atoms with van der Waals surface area (Å²) in [6, 6.07) is 10.2. The molecule has 0 radical (unpaired) electrons. The van der Waals surface area contributed by atoms with Crippen molar-refractivity contribution in [3.63, 3.8) is 0 Å². The van der Waals surface area contributed by atoms with Gasteiger partial charge in [0, 0.05) is 6.54 Å². The average molecular weight is 264 g/mol. The number of hydrogen-bond acceptors (Lipinski definition) is 3. The summed E-state index contributed by atoms with van der Waals surface area (Å²) in [6.07, 6.45) is -0.379. The summed E-state index contributed by atoms with van der Waals surface area (Å²) in [4.78, 5) is 13.7. The summed E-state index contributed by atoms with van der Waals surface area (Å²) >= 11 is 0. The topological polar surface area (TPSA) is 41.6 Å². The van der Waals surface area contributed by atoms with Gasteiger partial charge in [0.15, 0.2) is 0 Å². The minimum atomic E-state index is -0.468. The number of carbonyl (C=O) groups excluding carboxylic acids is 1. The minimum Gasteiger partial charge on any atom is -0.444 e. The number of nitrogens with one attached hydrogen (secondary N) is 1. The van der Waals surface area contributed by atoms with Crippen molar-refractivity contribution in [2.45, 2.75) is 32.4 Å². The predicted molar refractivity (Wildman–Crippen MR) is 77.1 cm³/mol. The number of hydrogen-bond donors (Lipinski definition) is 1. The highest BCUT2D eigenvalue weighted by Gasteiger charge is 2.19. The van der Waals surface area contributed by atoms with E-state index in [9.17, 15) is 4.79 Å². The number of amides is 1. The van der Waals surface area contributed by atoms with E-state index in [0.717, 1.165) is 0 Å². The third-order valence-electron chi connectivity index (χ3n) is 2.65. The lowest BCUT2D eigenvalue weighted by Gasteiger charge is -2.26. The molecule has 0 heterocycles. The molecule has 0 bridgehead atoms. The maximum absolute atomic E-state index is 11.7. The van der Waals surface area contributed by atoms with Crippen molar-refractivity contribution in [3.8, 4) is 0 Å². The molecule has 1 aromatic carbocycles. The van der Waals surface area contributed by atoms with Gasteiger partial charge in [-0.1, -0.05) is 30.3 Å². The van der Waals surface area contributed by atoms with Gasteiger partial charge in [0.05, 0.1) is 6.04 Å². The largest absolute Gasteiger partial charge is 0.444 e. The quantitative estimate of drug-likeness (QED) is 0.909. The molecule has 0 aromatic heterocycles. The molecule has 0 spiro atoms. The molecule has 1 aromatic rings. The maximum Gasteiger partial charge on any atom is 0.407 e. The maximum atomic E-state index is 11.7. The molecular formula is C15H24N2O2. The summed E-state index contributed by atoms with van der Waals surface area (Å²) in [5.74, 6) is 0. The molecule has 0 aliphatic heterocycles. The van der Waals surface area contributed by atoms with E-state index >= 15 is 0 Å². The number of alkyl carbamates (subject to hydrolysis) is 1. The first-order chi connectivity index (χ1) is 8.79. The average Bonchev–Trinajstić information content (AvgIpc) is 2.27. The molecule has 1 N–H and O–H groups in total. The molecule has 0 fully saturated rings. The monoisotopic (exact) mass is 264 g/mol. The lowest BCUT2D eigenvalue weighted by molar-refractivity contribution is 0.0514. The first-order valence-electron chi connectivity index (χ1n) is 6.48. The summed E-state index contributed by atoms with van der Waals surface area (Å²) in [5, 5.41) is 2.82. The van der Waals surface area contributed by atoms with Crippen LogP contribution in [0, 0.1) is 0 Å². The molecule has 4 heteroatoms. The molecular weight excluding hydrogens is 240 g/mol. The zero-order valence-corrected chi connectivity index (χ0v) is 12.4. The Morgan fingerprint density at radius 1 is 1.26 bits per heavy atom. The number of ether oxygens (including phenoxy) is 1. The first kappa shape index (κ1) is 15.5. The molecule has 0 saturated carbocycles. The second-order valence-electron chi connectivity index (χ2n) is 5.77. The van der Waals surface area contributed by atoms with Crippen molar-refractivity contribution in [3.05, 3.63) is 35.9 Å². The Morgan fingerprint density at radius 2 is 1.84 bits per heavy atom. The standard InChI is InChI=1S/C15H24N2O2/c1-15(2,3)19-14(18)16-11-13(17(4)5)12-9-7-6-8-10-12/h6-10,13H,11H2,1-5H3,(H,16,18). The Hall–Kier alpha value is -1.55. The smallest absolute Gasteiger partial charge is 0.407 e. The highest BCUT2D eigenvalue weighted by atomic mass is 16.6. The van der Waals surface area contributed by atoms with Crippen molar-refractivity contribution in [1.29, 1.82) is 0 Å². The lowest BCUT2D eigenvalue weighted by atomic mass is 10.1. The first-order valence-corrected chi connectivity index (χ1v) is 6.48. The van der Waals surface area contributed by atoms with Gasteiger partial charge < -0.3 is 15.0 Å². The Kier molecular flexibility index (Phi) is 5.36. The van der Waals surface area contributed by atoms with Crippen molar-refractivity contribution in [1.82, 2.24) is 10.2 Å². The normalized spacial score (nSPS) is 13.2. The number of nitrogens with zero attached hydrogens (tertiary/aromatic N) is 1. The van der Waals surface area contributed by atoms with Gasteiger partial charge in [-0.2, -0.15) is 0 Å². The Morgan fingerprint density at radius 3 is 2.32 bits per heavy atom. The molecule has 106 valence electrons. The Labute approximate surface area is 115 Å². The van der Waals surface area contributed by atoms with Crippen LogP contribution in [0.2, 0.25) is 0 Å². The fraction of sp³-hybridized carbons (Fsp3) is 0.533. The molecule has 1 unspecified atom stereocenters. The highest BCUT2D eigenvalue weighted by Crippen LogP contribution is 2.17. The summed E-state index contributed by atoms with van der Waals surface area (Å²) < 4.78 is 5.24. The number of carbonyl (C=O) groups is 1. The molecule has 19 heavy (non-hydrogen) atoms. The van der Waals surface area contributed by atoms with Gasteiger partial charge in [0.1, 0.15) is 5.60 Å². The van der Waals surface area contributed by atoms with Crippen molar-refractivity contribution < 1.29 is 9.53 Å². The van der Waals surface area contributed by atoms with E-state index in [-0.39, 0.29) is 12.1 Å². The van der Waals surface area contributed by atoms with Gasteiger partial charge in [-0.15, -0.1) is 0 Å². The predicted octanol–water partition coefficient (Wildman–Crippen LogP) is 2.81. The number of rotatable bonds is 4. The minimum absolute atomic E-state index is 0.133. The summed E-state index contributed by atoms with van der Waals surface area (Å²) in [5.41, 5.74) is 0.702. The van der Waals surface area contributed by atoms with Crippen LogP contribution in [0.1, 0.15) is 32.4 Å². The van der Waals surface area contributed by atoms with Crippen molar-refractivity contribution in [2.24, 2.45) is 0 Å². The fourth-order valence-corrected chi connectivity index (χ4v) is 1.77. The summed E-state index contributed by atoms with van der Waals surface area (Å²) in [6.45, 7) is 6.08. The van der Waals surface area contributed by atoms with Crippen LogP contribution in [0.5, 0.6) is 0 Å². The molecule has 4 nitrogen and oxygen atoms in total. The van der Waals surface area contributed by atoms with E-state index < -0.39 is 5.60 Å². The highest BCUT2D eigenvalue weighted by molar-refractivity contribution is 5.67. The molecule has 1 amide bonds. The summed E-state index contributed by atoms with van der Waals surface area (Å²) in [7, 11) is 3.99. The van der Waals surface area contributed by atoms with Crippen molar-refractivity contribution in [2.75, 3.05) is 20.6 Å².